The molecule has 22 heavy (non-hydrogen) atoms. The normalized spacial score (nSPS) is 33.0. The maximum Gasteiger partial charge on any atom is 0.0571 e. The summed E-state index contributed by atoms with van der Waals surface area (Å²) in [6.45, 7) is 3.13. The Morgan fingerprint density at radius 1 is 1.00 bits per heavy atom. The monoisotopic (exact) mass is 310 g/mol. The van der Waals surface area contributed by atoms with E-state index in [-0.39, 0.29) is 12.7 Å². The molecule has 4 heteroatoms. The largest absolute Gasteiger partial charge is 0.395 e. The molecule has 4 nitrogen and oxygen atoms in total. The summed E-state index contributed by atoms with van der Waals surface area (Å²) in [5.41, 5.74) is 0. The van der Waals surface area contributed by atoms with Gasteiger partial charge in [0.1, 0.15) is 0 Å². The van der Waals surface area contributed by atoms with Gasteiger partial charge >= 0.3 is 0 Å². The molecule has 0 aromatic carbocycles. The van der Waals surface area contributed by atoms with E-state index in [4.69, 9.17) is 0 Å². The summed E-state index contributed by atoms with van der Waals surface area (Å²) in [6.07, 6.45) is 11.3. The van der Waals surface area contributed by atoms with Crippen LogP contribution in [0.1, 0.15) is 57.8 Å². The van der Waals surface area contributed by atoms with E-state index in [0.29, 0.717) is 23.9 Å². The van der Waals surface area contributed by atoms with Crippen LogP contribution in [-0.2, 0) is 0 Å². The van der Waals surface area contributed by atoms with E-state index < -0.39 is 0 Å². The van der Waals surface area contributed by atoms with Gasteiger partial charge in [0.05, 0.1) is 12.7 Å². The molecule has 3 aliphatic rings. The van der Waals surface area contributed by atoms with Crippen molar-refractivity contribution in [3.8, 4) is 0 Å². The highest BCUT2D eigenvalue weighted by molar-refractivity contribution is 4.90. The molecule has 3 N–H and O–H groups in total. The Morgan fingerprint density at radius 3 is 2.45 bits per heavy atom. The Kier molecular flexibility index (Phi) is 6.14. The van der Waals surface area contributed by atoms with Crippen molar-refractivity contribution in [1.82, 2.24) is 10.2 Å². The van der Waals surface area contributed by atoms with Crippen LogP contribution in [0.15, 0.2) is 0 Å². The second kappa shape index (κ2) is 8.09. The van der Waals surface area contributed by atoms with Gasteiger partial charge in [-0.3, -0.25) is 4.90 Å². The number of β-amino-alcohol motifs (C(OH)–C–C–N with tert-alkyl or cyclic N) is 1. The second-order valence-electron chi connectivity index (χ2n) is 7.92. The third-order valence-corrected chi connectivity index (χ3v) is 5.85. The fourth-order valence-corrected chi connectivity index (χ4v) is 4.54. The van der Waals surface area contributed by atoms with Crippen LogP contribution in [-0.4, -0.2) is 59.5 Å². The fourth-order valence-electron chi connectivity index (χ4n) is 4.54. The lowest BCUT2D eigenvalue weighted by Gasteiger charge is -2.40. The van der Waals surface area contributed by atoms with Gasteiger partial charge in [-0.2, -0.15) is 0 Å². The lowest BCUT2D eigenvalue weighted by atomic mass is 9.87. The molecule has 128 valence electrons. The minimum absolute atomic E-state index is 0.0885. The van der Waals surface area contributed by atoms with Gasteiger partial charge in [-0.15, -0.1) is 0 Å². The molecule has 0 amide bonds. The Labute approximate surface area is 135 Å². The number of likely N-dealkylation sites (tertiary alicyclic amines) is 1. The van der Waals surface area contributed by atoms with Gasteiger partial charge in [0.15, 0.2) is 0 Å². The van der Waals surface area contributed by atoms with Crippen LogP contribution in [0.25, 0.3) is 0 Å². The Balaban J connectivity index is 1.51. The van der Waals surface area contributed by atoms with Crippen molar-refractivity contribution in [3.63, 3.8) is 0 Å². The minimum Gasteiger partial charge on any atom is -0.395 e. The van der Waals surface area contributed by atoms with Crippen LogP contribution < -0.4 is 5.32 Å². The van der Waals surface area contributed by atoms with Gasteiger partial charge in [0.2, 0.25) is 0 Å². The molecule has 0 aromatic rings. The maximum absolute atomic E-state index is 10.3. The van der Waals surface area contributed by atoms with Crippen molar-refractivity contribution in [1.29, 1.82) is 0 Å². The average Bonchev–Trinajstić information content (AvgIpc) is 3.33. The predicted molar refractivity (Wildman–Crippen MR) is 88.8 cm³/mol. The van der Waals surface area contributed by atoms with Crippen LogP contribution in [0, 0.1) is 11.8 Å². The maximum atomic E-state index is 10.3. The van der Waals surface area contributed by atoms with E-state index >= 15 is 0 Å². The molecular formula is C18H34N2O2. The van der Waals surface area contributed by atoms with Crippen molar-refractivity contribution < 1.29 is 10.2 Å². The van der Waals surface area contributed by atoms with E-state index in [1.54, 1.807) is 0 Å². The summed E-state index contributed by atoms with van der Waals surface area (Å²) in [7, 11) is 0. The van der Waals surface area contributed by atoms with Crippen molar-refractivity contribution in [2.24, 2.45) is 11.8 Å². The summed E-state index contributed by atoms with van der Waals surface area (Å²) in [6, 6.07) is 1.24. The molecule has 0 spiro atoms. The highest BCUT2D eigenvalue weighted by Gasteiger charge is 2.35. The smallest absolute Gasteiger partial charge is 0.0571 e. The highest BCUT2D eigenvalue weighted by Crippen LogP contribution is 2.36. The molecule has 0 bridgehead atoms. The Bertz CT molecular complexity index is 329. The number of hydrogen-bond acceptors (Lipinski definition) is 4. The van der Waals surface area contributed by atoms with Gasteiger partial charge in [-0.25, -0.2) is 0 Å². The minimum atomic E-state index is -0.0885. The van der Waals surface area contributed by atoms with Crippen molar-refractivity contribution in [2.75, 3.05) is 26.2 Å². The molecule has 3 unspecified atom stereocenters. The first-order valence-corrected chi connectivity index (χ1v) is 9.52. The average molecular weight is 310 g/mol. The molecule has 1 saturated heterocycles. The van der Waals surface area contributed by atoms with Crippen LogP contribution in [0.3, 0.4) is 0 Å². The molecule has 3 rings (SSSR count). The van der Waals surface area contributed by atoms with Gasteiger partial charge in [-0.1, -0.05) is 19.3 Å². The van der Waals surface area contributed by atoms with Gasteiger partial charge < -0.3 is 15.5 Å². The molecule has 1 heterocycles. The van der Waals surface area contributed by atoms with Crippen LogP contribution in [0.2, 0.25) is 0 Å². The van der Waals surface area contributed by atoms with Crippen molar-refractivity contribution in [3.05, 3.63) is 0 Å². The summed E-state index contributed by atoms with van der Waals surface area (Å²) >= 11 is 0. The first kappa shape index (κ1) is 16.7. The molecule has 3 atom stereocenters. The number of nitrogens with one attached hydrogen (secondary N) is 1. The predicted octanol–water partition coefficient (Wildman–Crippen LogP) is 1.75. The molecule has 2 saturated carbocycles. The number of aliphatic hydroxyl groups is 2. The fraction of sp³-hybridized carbons (Fsp3) is 1.00. The van der Waals surface area contributed by atoms with Crippen LogP contribution in [0.5, 0.6) is 0 Å². The van der Waals surface area contributed by atoms with Crippen LogP contribution >= 0.6 is 0 Å². The van der Waals surface area contributed by atoms with Gasteiger partial charge in [0, 0.05) is 31.7 Å². The third kappa shape index (κ3) is 4.92. The van der Waals surface area contributed by atoms with Crippen molar-refractivity contribution in [2.45, 2.75) is 76.0 Å². The molecule has 0 radical (unpaired) electrons. The quantitative estimate of drug-likeness (QED) is 0.670. The summed E-state index contributed by atoms with van der Waals surface area (Å²) < 4.78 is 0. The lowest BCUT2D eigenvalue weighted by molar-refractivity contribution is 0.0640. The Morgan fingerprint density at radius 2 is 1.77 bits per heavy atom. The topological polar surface area (TPSA) is 55.7 Å². The van der Waals surface area contributed by atoms with Crippen molar-refractivity contribution >= 4 is 0 Å². The number of rotatable bonds is 7. The molecule has 1 aliphatic heterocycles. The second-order valence-corrected chi connectivity index (χ2v) is 7.92. The number of aliphatic hydroxyl groups excluding tert-OH is 2. The number of piperidine rings is 1. The summed E-state index contributed by atoms with van der Waals surface area (Å²) in [5.74, 6) is 1.16. The molecule has 2 aliphatic carbocycles. The number of nitrogens with zero attached hydrogens (tertiary/aromatic N) is 1. The third-order valence-electron chi connectivity index (χ3n) is 5.85. The Hall–Kier alpha value is -0.160. The zero-order valence-electron chi connectivity index (χ0n) is 13.9. The highest BCUT2D eigenvalue weighted by atomic mass is 16.3. The lowest BCUT2D eigenvalue weighted by Crippen LogP contribution is -2.53. The summed E-state index contributed by atoms with van der Waals surface area (Å²) in [4.78, 5) is 2.40. The standard InChI is InChI=1S/C18H34N2O2/c21-9-8-20-12-14(11-18(22)15-6-7-15)10-17(13-20)19-16-4-2-1-3-5-16/h14-19,21-22H,1-13H2. The molecular weight excluding hydrogens is 276 g/mol. The van der Waals surface area contributed by atoms with E-state index in [1.165, 1.54) is 51.4 Å². The summed E-state index contributed by atoms with van der Waals surface area (Å²) in [5, 5.41) is 23.4. The van der Waals surface area contributed by atoms with E-state index in [9.17, 15) is 10.2 Å². The molecule has 0 aromatic heterocycles. The molecule has 3 fully saturated rings. The van der Waals surface area contributed by atoms with Crippen LogP contribution in [0.4, 0.5) is 0 Å². The van der Waals surface area contributed by atoms with E-state index in [2.05, 4.69) is 10.2 Å². The zero-order valence-corrected chi connectivity index (χ0v) is 13.9. The first-order valence-electron chi connectivity index (χ1n) is 9.52. The van der Waals surface area contributed by atoms with E-state index in [1.807, 2.05) is 0 Å². The van der Waals surface area contributed by atoms with Gasteiger partial charge in [0.25, 0.3) is 0 Å². The van der Waals surface area contributed by atoms with E-state index in [0.717, 1.165) is 26.1 Å². The number of hydrogen-bond donors (Lipinski definition) is 3. The van der Waals surface area contributed by atoms with Gasteiger partial charge in [-0.05, 0) is 50.4 Å². The first-order chi connectivity index (χ1) is 10.7. The zero-order chi connectivity index (χ0) is 15.4. The SMILES string of the molecule is OCCN1CC(CC(O)C2CC2)CC(NC2CCCCC2)C1.